The van der Waals surface area contributed by atoms with E-state index in [2.05, 4.69) is 15.0 Å². The van der Waals surface area contributed by atoms with E-state index in [-0.39, 0.29) is 6.61 Å². The molecule has 7 heteroatoms. The highest BCUT2D eigenvalue weighted by Crippen LogP contribution is 2.29. The van der Waals surface area contributed by atoms with E-state index >= 15 is 0 Å². The third kappa shape index (κ3) is 3.24. The fourth-order valence-electron chi connectivity index (χ4n) is 1.56. The van der Waals surface area contributed by atoms with Crippen LogP contribution < -0.4 is 10.1 Å². The van der Waals surface area contributed by atoms with Gasteiger partial charge in [-0.15, -0.1) is 0 Å². The lowest BCUT2D eigenvalue weighted by atomic mass is 10.3. The monoisotopic (exact) mass is 294 g/mol. The zero-order chi connectivity index (χ0) is 14.5. The predicted molar refractivity (Wildman–Crippen MR) is 76.1 cm³/mol. The van der Waals surface area contributed by atoms with Gasteiger partial charge >= 0.3 is 11.9 Å². The molecular weight excluding hydrogens is 280 g/mol. The highest BCUT2D eigenvalue weighted by Gasteiger charge is 2.16. The summed E-state index contributed by atoms with van der Waals surface area (Å²) in [6.45, 7) is 4.28. The number of fused-ring (bicyclic) bond motifs is 1. The minimum absolute atomic E-state index is 0.157. The van der Waals surface area contributed by atoms with E-state index in [1.165, 1.54) is 11.3 Å². The zero-order valence-corrected chi connectivity index (χ0v) is 12.0. The molecule has 1 N–H and O–H groups in total. The first-order valence-corrected chi connectivity index (χ1v) is 6.97. The Morgan fingerprint density at radius 3 is 2.80 bits per heavy atom. The molecule has 1 heterocycles. The average molecular weight is 294 g/mol. The summed E-state index contributed by atoms with van der Waals surface area (Å²) in [5.41, 5.74) is 0.734. The number of hydrogen-bond acceptors (Lipinski definition) is 6. The van der Waals surface area contributed by atoms with Crippen molar-refractivity contribution in [2.75, 3.05) is 18.5 Å². The van der Waals surface area contributed by atoms with Gasteiger partial charge in [0.05, 0.1) is 23.4 Å². The number of aromatic nitrogens is 1. The molecule has 0 saturated carbocycles. The van der Waals surface area contributed by atoms with E-state index in [0.29, 0.717) is 11.7 Å². The van der Waals surface area contributed by atoms with Crippen molar-refractivity contribution >= 4 is 38.6 Å². The molecule has 2 aromatic rings. The zero-order valence-electron chi connectivity index (χ0n) is 11.1. The fourth-order valence-corrected chi connectivity index (χ4v) is 2.45. The molecule has 1 amide bonds. The molecule has 0 unspecified atom stereocenters. The number of anilines is 1. The number of esters is 1. The second kappa shape index (κ2) is 6.33. The summed E-state index contributed by atoms with van der Waals surface area (Å²) in [7, 11) is 0. The number of carbonyl (C=O) groups excluding carboxylic acids is 2. The van der Waals surface area contributed by atoms with Crippen LogP contribution in [0.5, 0.6) is 5.75 Å². The quantitative estimate of drug-likeness (QED) is 0.691. The molecule has 20 heavy (non-hydrogen) atoms. The van der Waals surface area contributed by atoms with E-state index in [4.69, 9.17) is 4.74 Å². The molecule has 0 bridgehead atoms. The number of benzene rings is 1. The summed E-state index contributed by atoms with van der Waals surface area (Å²) in [5.74, 6) is -0.996. The van der Waals surface area contributed by atoms with Gasteiger partial charge in [0.1, 0.15) is 5.75 Å². The summed E-state index contributed by atoms with van der Waals surface area (Å²) < 4.78 is 10.9. The largest absolute Gasteiger partial charge is 0.494 e. The Hall–Kier alpha value is -2.15. The molecule has 0 spiro atoms. The Labute approximate surface area is 119 Å². The van der Waals surface area contributed by atoms with Crippen molar-refractivity contribution in [2.45, 2.75) is 13.8 Å². The molecule has 0 aliphatic rings. The molecule has 0 radical (unpaired) electrons. The normalized spacial score (nSPS) is 10.3. The van der Waals surface area contributed by atoms with Gasteiger partial charge in [-0.3, -0.25) is 10.1 Å². The number of thiazole rings is 1. The minimum atomic E-state index is -0.915. The van der Waals surface area contributed by atoms with Gasteiger partial charge in [0, 0.05) is 0 Å². The van der Waals surface area contributed by atoms with Crippen molar-refractivity contribution in [3.05, 3.63) is 18.2 Å². The van der Waals surface area contributed by atoms with E-state index < -0.39 is 11.9 Å². The minimum Gasteiger partial charge on any atom is -0.494 e. The molecule has 0 saturated heterocycles. The molecule has 1 aromatic carbocycles. The molecule has 1 aromatic heterocycles. The third-order valence-corrected chi connectivity index (χ3v) is 3.29. The number of hydrogen-bond donors (Lipinski definition) is 1. The van der Waals surface area contributed by atoms with Crippen molar-refractivity contribution < 1.29 is 19.1 Å². The Morgan fingerprint density at radius 2 is 2.10 bits per heavy atom. The first-order valence-electron chi connectivity index (χ1n) is 6.15. The van der Waals surface area contributed by atoms with Crippen LogP contribution in [-0.4, -0.2) is 30.1 Å². The summed E-state index contributed by atoms with van der Waals surface area (Å²) in [4.78, 5) is 26.9. The Morgan fingerprint density at radius 1 is 1.30 bits per heavy atom. The average Bonchev–Trinajstić information content (AvgIpc) is 2.80. The van der Waals surface area contributed by atoms with Crippen molar-refractivity contribution in [1.82, 2.24) is 4.98 Å². The number of carbonyl (C=O) groups is 2. The van der Waals surface area contributed by atoms with Gasteiger partial charge in [0.15, 0.2) is 5.13 Å². The Kier molecular flexibility index (Phi) is 4.52. The summed E-state index contributed by atoms with van der Waals surface area (Å²) >= 11 is 1.27. The van der Waals surface area contributed by atoms with Crippen LogP contribution in [0.4, 0.5) is 5.13 Å². The molecule has 0 atom stereocenters. The maximum Gasteiger partial charge on any atom is 0.397 e. The molecule has 6 nitrogen and oxygen atoms in total. The molecule has 106 valence electrons. The number of amides is 1. The molecule has 2 rings (SSSR count). The van der Waals surface area contributed by atoms with Crippen LogP contribution in [0.25, 0.3) is 10.2 Å². The maximum atomic E-state index is 11.5. The van der Waals surface area contributed by atoms with E-state index in [9.17, 15) is 9.59 Å². The van der Waals surface area contributed by atoms with E-state index in [0.717, 1.165) is 16.0 Å². The first-order chi connectivity index (χ1) is 9.63. The number of rotatable bonds is 4. The van der Waals surface area contributed by atoms with Crippen LogP contribution in [0.1, 0.15) is 13.8 Å². The molecular formula is C13H14N2O4S. The smallest absolute Gasteiger partial charge is 0.397 e. The second-order valence-electron chi connectivity index (χ2n) is 3.76. The Bertz CT molecular complexity index is 638. The van der Waals surface area contributed by atoms with Crippen molar-refractivity contribution in [2.24, 2.45) is 0 Å². The summed E-state index contributed by atoms with van der Waals surface area (Å²) in [5, 5.41) is 2.77. The van der Waals surface area contributed by atoms with E-state index in [1.807, 2.05) is 19.1 Å². The molecule has 0 aliphatic heterocycles. The van der Waals surface area contributed by atoms with Gasteiger partial charge in [0.25, 0.3) is 0 Å². The number of nitrogens with one attached hydrogen (secondary N) is 1. The molecule has 0 aliphatic carbocycles. The number of ether oxygens (including phenoxy) is 2. The van der Waals surface area contributed by atoms with Gasteiger partial charge in [-0.25, -0.2) is 9.78 Å². The lowest BCUT2D eigenvalue weighted by Crippen LogP contribution is -2.24. The maximum absolute atomic E-state index is 11.5. The Balaban J connectivity index is 2.15. The third-order valence-electron chi connectivity index (χ3n) is 2.35. The predicted octanol–water partition coefficient (Wildman–Crippen LogP) is 2.20. The highest BCUT2D eigenvalue weighted by atomic mass is 32.1. The van der Waals surface area contributed by atoms with Crippen molar-refractivity contribution in [1.29, 1.82) is 0 Å². The lowest BCUT2D eigenvalue weighted by Gasteiger charge is -2.00. The van der Waals surface area contributed by atoms with Crippen LogP contribution in [0.3, 0.4) is 0 Å². The SMILES string of the molecule is CCOC(=O)C(=O)Nc1nc2ccc(OCC)cc2s1. The molecule has 0 fully saturated rings. The first kappa shape index (κ1) is 14.3. The highest BCUT2D eigenvalue weighted by molar-refractivity contribution is 7.22. The summed E-state index contributed by atoms with van der Waals surface area (Å²) in [6.07, 6.45) is 0. The van der Waals surface area contributed by atoms with Gasteiger partial charge < -0.3 is 9.47 Å². The number of nitrogens with zero attached hydrogens (tertiary/aromatic N) is 1. The standard InChI is InChI=1S/C13H14N2O4S/c1-3-18-8-5-6-9-10(7-8)20-13(14-9)15-11(16)12(17)19-4-2/h5-7H,3-4H2,1-2H3,(H,14,15,16). The van der Waals surface area contributed by atoms with Crippen LogP contribution in [0.15, 0.2) is 18.2 Å². The second-order valence-corrected chi connectivity index (χ2v) is 4.79. The summed E-state index contributed by atoms with van der Waals surface area (Å²) in [6, 6.07) is 5.45. The van der Waals surface area contributed by atoms with Crippen LogP contribution >= 0.6 is 11.3 Å². The fraction of sp³-hybridized carbons (Fsp3) is 0.308. The van der Waals surface area contributed by atoms with Gasteiger partial charge in [-0.05, 0) is 32.0 Å². The van der Waals surface area contributed by atoms with E-state index in [1.54, 1.807) is 13.0 Å². The van der Waals surface area contributed by atoms with Crippen molar-refractivity contribution in [3.63, 3.8) is 0 Å². The van der Waals surface area contributed by atoms with Crippen LogP contribution in [0, 0.1) is 0 Å². The van der Waals surface area contributed by atoms with Gasteiger partial charge in [-0.2, -0.15) is 0 Å². The van der Waals surface area contributed by atoms with Crippen LogP contribution in [-0.2, 0) is 14.3 Å². The van der Waals surface area contributed by atoms with Crippen LogP contribution in [0.2, 0.25) is 0 Å². The van der Waals surface area contributed by atoms with Gasteiger partial charge in [0.2, 0.25) is 0 Å². The topological polar surface area (TPSA) is 77.5 Å². The van der Waals surface area contributed by atoms with Gasteiger partial charge in [-0.1, -0.05) is 11.3 Å². The van der Waals surface area contributed by atoms with Crippen molar-refractivity contribution in [3.8, 4) is 5.75 Å². The lowest BCUT2D eigenvalue weighted by molar-refractivity contribution is -0.152.